The number of esters is 1. The monoisotopic (exact) mass is 322 g/mol. The van der Waals surface area contributed by atoms with Crippen molar-refractivity contribution in [2.24, 2.45) is 0 Å². The first kappa shape index (κ1) is 15.8. The molecule has 0 saturated heterocycles. The zero-order chi connectivity index (χ0) is 16.8. The van der Waals surface area contributed by atoms with E-state index in [4.69, 9.17) is 9.15 Å². The Morgan fingerprint density at radius 1 is 1.08 bits per heavy atom. The molecule has 1 aromatic heterocycles. The summed E-state index contributed by atoms with van der Waals surface area (Å²) >= 11 is 0. The summed E-state index contributed by atoms with van der Waals surface area (Å²) in [4.78, 5) is 18.2. The van der Waals surface area contributed by atoms with Crippen molar-refractivity contribution < 1.29 is 13.9 Å². The SMILES string of the molecule is CN(Cc1ccccc1)c1nc(COC(=O)c2ccccc2)co1. The van der Waals surface area contributed by atoms with Gasteiger partial charge in [0.2, 0.25) is 0 Å². The van der Waals surface area contributed by atoms with E-state index in [1.807, 2.05) is 48.3 Å². The second-order valence-corrected chi connectivity index (χ2v) is 5.41. The van der Waals surface area contributed by atoms with Crippen LogP contribution in [0, 0.1) is 0 Å². The molecule has 24 heavy (non-hydrogen) atoms. The third kappa shape index (κ3) is 4.01. The van der Waals surface area contributed by atoms with Crippen LogP contribution in [0.4, 0.5) is 6.01 Å². The third-order valence-corrected chi connectivity index (χ3v) is 3.49. The van der Waals surface area contributed by atoms with Crippen molar-refractivity contribution in [3.05, 3.63) is 83.7 Å². The maximum absolute atomic E-state index is 11.9. The fourth-order valence-corrected chi connectivity index (χ4v) is 2.26. The Hall–Kier alpha value is -3.08. The first-order valence-electron chi connectivity index (χ1n) is 7.64. The van der Waals surface area contributed by atoms with Crippen LogP contribution in [0.25, 0.3) is 0 Å². The zero-order valence-electron chi connectivity index (χ0n) is 13.4. The van der Waals surface area contributed by atoms with Crippen LogP contribution in [0.3, 0.4) is 0 Å². The molecule has 0 spiro atoms. The minimum atomic E-state index is -0.377. The lowest BCUT2D eigenvalue weighted by Crippen LogP contribution is -2.16. The molecule has 0 amide bonds. The Morgan fingerprint density at radius 2 is 1.75 bits per heavy atom. The molecular weight excluding hydrogens is 304 g/mol. The van der Waals surface area contributed by atoms with Crippen LogP contribution in [-0.4, -0.2) is 18.0 Å². The van der Waals surface area contributed by atoms with E-state index in [0.29, 0.717) is 23.8 Å². The molecule has 0 aliphatic rings. The molecule has 0 fully saturated rings. The van der Waals surface area contributed by atoms with Gasteiger partial charge in [0.25, 0.3) is 6.01 Å². The molecular formula is C19H18N2O3. The summed E-state index contributed by atoms with van der Waals surface area (Å²) in [6, 6.07) is 19.4. The Labute approximate surface area is 140 Å². The van der Waals surface area contributed by atoms with Gasteiger partial charge in [0.15, 0.2) is 0 Å². The number of anilines is 1. The van der Waals surface area contributed by atoms with Gasteiger partial charge in [0.05, 0.1) is 5.56 Å². The Kier molecular flexibility index (Phi) is 4.91. The molecule has 0 bridgehead atoms. The van der Waals surface area contributed by atoms with Crippen molar-refractivity contribution in [2.75, 3.05) is 11.9 Å². The van der Waals surface area contributed by atoms with Crippen LogP contribution in [-0.2, 0) is 17.9 Å². The van der Waals surface area contributed by atoms with Crippen molar-refractivity contribution in [3.63, 3.8) is 0 Å². The quantitative estimate of drug-likeness (QED) is 0.648. The molecule has 3 rings (SSSR count). The van der Waals surface area contributed by atoms with Crippen LogP contribution in [0.5, 0.6) is 0 Å². The lowest BCUT2D eigenvalue weighted by Gasteiger charge is -2.14. The molecule has 2 aromatic carbocycles. The van der Waals surface area contributed by atoms with Gasteiger partial charge in [-0.15, -0.1) is 0 Å². The summed E-state index contributed by atoms with van der Waals surface area (Å²) in [5.41, 5.74) is 2.26. The fraction of sp³-hybridized carbons (Fsp3) is 0.158. The van der Waals surface area contributed by atoms with Gasteiger partial charge in [0.1, 0.15) is 18.6 Å². The number of ether oxygens (including phenoxy) is 1. The van der Waals surface area contributed by atoms with Gasteiger partial charge in [0, 0.05) is 13.6 Å². The first-order chi connectivity index (χ1) is 11.7. The van der Waals surface area contributed by atoms with Crippen molar-refractivity contribution >= 4 is 12.0 Å². The highest BCUT2D eigenvalue weighted by Gasteiger charge is 2.12. The minimum Gasteiger partial charge on any atom is -0.455 e. The van der Waals surface area contributed by atoms with Gasteiger partial charge in [-0.05, 0) is 17.7 Å². The predicted octanol–water partition coefficient (Wildman–Crippen LogP) is 3.67. The average Bonchev–Trinajstić information content (AvgIpc) is 3.10. The smallest absolute Gasteiger partial charge is 0.338 e. The lowest BCUT2D eigenvalue weighted by molar-refractivity contribution is 0.0468. The molecule has 0 atom stereocenters. The van der Waals surface area contributed by atoms with Crippen molar-refractivity contribution in [2.45, 2.75) is 13.2 Å². The number of hydrogen-bond donors (Lipinski definition) is 0. The highest BCUT2D eigenvalue weighted by Crippen LogP contribution is 2.16. The largest absolute Gasteiger partial charge is 0.455 e. The standard InChI is InChI=1S/C19H18N2O3/c1-21(12-15-8-4-2-5-9-15)19-20-17(14-24-19)13-23-18(22)16-10-6-3-7-11-16/h2-11,14H,12-13H2,1H3. The Bertz CT molecular complexity index is 785. The summed E-state index contributed by atoms with van der Waals surface area (Å²) in [5, 5.41) is 0. The fourth-order valence-electron chi connectivity index (χ4n) is 2.26. The Balaban J connectivity index is 1.56. The van der Waals surface area contributed by atoms with Crippen LogP contribution in [0.15, 0.2) is 71.3 Å². The lowest BCUT2D eigenvalue weighted by atomic mass is 10.2. The van der Waals surface area contributed by atoms with Crippen molar-refractivity contribution in [1.29, 1.82) is 0 Å². The molecule has 0 radical (unpaired) electrons. The molecule has 0 unspecified atom stereocenters. The van der Waals surface area contributed by atoms with Gasteiger partial charge in [-0.1, -0.05) is 48.5 Å². The molecule has 1 heterocycles. The van der Waals surface area contributed by atoms with E-state index in [1.54, 1.807) is 24.3 Å². The normalized spacial score (nSPS) is 10.4. The van der Waals surface area contributed by atoms with Gasteiger partial charge in [-0.3, -0.25) is 0 Å². The molecule has 3 aromatic rings. The summed E-state index contributed by atoms with van der Waals surface area (Å²) in [6.45, 7) is 0.765. The number of aromatic nitrogens is 1. The average molecular weight is 322 g/mol. The molecule has 0 aliphatic carbocycles. The van der Waals surface area contributed by atoms with Gasteiger partial charge >= 0.3 is 5.97 Å². The summed E-state index contributed by atoms with van der Waals surface area (Å²) in [6.07, 6.45) is 1.51. The molecule has 0 N–H and O–H groups in total. The number of oxazole rings is 1. The summed E-state index contributed by atoms with van der Waals surface area (Å²) < 4.78 is 10.7. The van der Waals surface area contributed by atoms with E-state index in [2.05, 4.69) is 4.98 Å². The summed E-state index contributed by atoms with van der Waals surface area (Å²) in [5.74, 6) is -0.377. The van der Waals surface area contributed by atoms with E-state index in [-0.39, 0.29) is 12.6 Å². The van der Waals surface area contributed by atoms with Crippen LogP contribution < -0.4 is 4.90 Å². The first-order valence-corrected chi connectivity index (χ1v) is 7.64. The van der Waals surface area contributed by atoms with Crippen LogP contribution in [0.1, 0.15) is 21.6 Å². The number of carbonyl (C=O) groups excluding carboxylic acids is 1. The topological polar surface area (TPSA) is 55.6 Å². The number of carbonyl (C=O) groups is 1. The molecule has 5 nitrogen and oxygen atoms in total. The molecule has 5 heteroatoms. The predicted molar refractivity (Wildman–Crippen MR) is 90.6 cm³/mol. The van der Waals surface area contributed by atoms with Gasteiger partial charge < -0.3 is 14.1 Å². The zero-order valence-corrected chi connectivity index (χ0v) is 13.4. The maximum atomic E-state index is 11.9. The van der Waals surface area contributed by atoms with Crippen molar-refractivity contribution in [3.8, 4) is 0 Å². The highest BCUT2D eigenvalue weighted by molar-refractivity contribution is 5.89. The van der Waals surface area contributed by atoms with E-state index >= 15 is 0 Å². The minimum absolute atomic E-state index is 0.0798. The van der Waals surface area contributed by atoms with E-state index in [1.165, 1.54) is 6.26 Å². The second kappa shape index (κ2) is 7.46. The van der Waals surface area contributed by atoms with Crippen molar-refractivity contribution in [1.82, 2.24) is 4.98 Å². The highest BCUT2D eigenvalue weighted by atomic mass is 16.5. The number of rotatable bonds is 6. The van der Waals surface area contributed by atoms with E-state index < -0.39 is 0 Å². The van der Waals surface area contributed by atoms with Crippen LogP contribution in [0.2, 0.25) is 0 Å². The number of benzene rings is 2. The van der Waals surface area contributed by atoms with E-state index in [0.717, 1.165) is 5.56 Å². The number of nitrogens with zero attached hydrogens (tertiary/aromatic N) is 2. The summed E-state index contributed by atoms with van der Waals surface area (Å²) in [7, 11) is 1.90. The molecule has 122 valence electrons. The second-order valence-electron chi connectivity index (χ2n) is 5.41. The van der Waals surface area contributed by atoms with Gasteiger partial charge in [-0.2, -0.15) is 4.98 Å². The van der Waals surface area contributed by atoms with Gasteiger partial charge in [-0.25, -0.2) is 4.79 Å². The molecule has 0 aliphatic heterocycles. The van der Waals surface area contributed by atoms with Crippen LogP contribution >= 0.6 is 0 Å². The van der Waals surface area contributed by atoms with E-state index in [9.17, 15) is 4.79 Å². The Morgan fingerprint density at radius 3 is 2.46 bits per heavy atom. The third-order valence-electron chi connectivity index (χ3n) is 3.49. The molecule has 0 saturated carbocycles. The maximum Gasteiger partial charge on any atom is 0.338 e. The number of hydrogen-bond acceptors (Lipinski definition) is 5.